The van der Waals surface area contributed by atoms with Crippen molar-refractivity contribution in [1.29, 1.82) is 0 Å². The van der Waals surface area contributed by atoms with E-state index >= 15 is 0 Å². The minimum Gasteiger partial charge on any atom is -0.461 e. The van der Waals surface area contributed by atoms with Crippen molar-refractivity contribution in [1.82, 2.24) is 0 Å². The number of rotatable bonds is 3. The van der Waals surface area contributed by atoms with E-state index in [0.29, 0.717) is 12.8 Å². The molecule has 0 amide bonds. The van der Waals surface area contributed by atoms with E-state index in [2.05, 4.69) is 6.58 Å². The summed E-state index contributed by atoms with van der Waals surface area (Å²) in [5, 5.41) is 0. The Kier molecular flexibility index (Phi) is 3.02. The Bertz CT molecular complexity index is 208. The molecule has 3 nitrogen and oxygen atoms in total. The second-order valence-corrected chi connectivity index (χ2v) is 2.83. The standard InChI is InChI=1S/C9H12O3/c1-2-6-12-9(11)7-4-3-5-8(7)10/h2,7H,1,3-6H2. The van der Waals surface area contributed by atoms with Gasteiger partial charge < -0.3 is 4.74 Å². The van der Waals surface area contributed by atoms with Gasteiger partial charge in [0.1, 0.15) is 18.3 Å². The first-order valence-electron chi connectivity index (χ1n) is 4.06. The average Bonchev–Trinajstić information content (AvgIpc) is 2.47. The molecular formula is C9H12O3. The van der Waals surface area contributed by atoms with E-state index in [9.17, 15) is 9.59 Å². The fourth-order valence-electron chi connectivity index (χ4n) is 1.31. The molecule has 66 valence electrons. The van der Waals surface area contributed by atoms with Gasteiger partial charge in [0.2, 0.25) is 0 Å². The zero-order valence-corrected chi connectivity index (χ0v) is 6.91. The molecule has 0 aromatic heterocycles. The molecule has 0 bridgehead atoms. The molecule has 1 fully saturated rings. The van der Waals surface area contributed by atoms with Crippen LogP contribution in [-0.2, 0) is 14.3 Å². The number of carbonyl (C=O) groups is 2. The lowest BCUT2D eigenvalue weighted by Gasteiger charge is -2.05. The highest BCUT2D eigenvalue weighted by Gasteiger charge is 2.31. The van der Waals surface area contributed by atoms with Gasteiger partial charge in [-0.2, -0.15) is 0 Å². The van der Waals surface area contributed by atoms with Crippen LogP contribution < -0.4 is 0 Å². The Labute approximate surface area is 71.4 Å². The topological polar surface area (TPSA) is 43.4 Å². The maximum Gasteiger partial charge on any atom is 0.316 e. The van der Waals surface area contributed by atoms with Crippen LogP contribution in [0.2, 0.25) is 0 Å². The van der Waals surface area contributed by atoms with Gasteiger partial charge in [-0.05, 0) is 12.8 Å². The molecule has 1 unspecified atom stereocenters. The summed E-state index contributed by atoms with van der Waals surface area (Å²) < 4.78 is 4.77. The van der Waals surface area contributed by atoms with E-state index < -0.39 is 11.9 Å². The van der Waals surface area contributed by atoms with Crippen LogP contribution in [0.25, 0.3) is 0 Å². The predicted octanol–water partition coefficient (Wildman–Crippen LogP) is 1.08. The minimum absolute atomic E-state index is 0.0177. The van der Waals surface area contributed by atoms with Crippen LogP contribution in [-0.4, -0.2) is 18.4 Å². The maximum atomic E-state index is 11.1. The molecule has 3 heteroatoms. The molecule has 0 aromatic rings. The van der Waals surface area contributed by atoms with Crippen molar-refractivity contribution in [3.05, 3.63) is 12.7 Å². The average molecular weight is 168 g/mol. The summed E-state index contributed by atoms with van der Waals surface area (Å²) in [4.78, 5) is 22.2. The molecule has 0 heterocycles. The summed E-state index contributed by atoms with van der Waals surface area (Å²) in [7, 11) is 0. The van der Waals surface area contributed by atoms with Crippen molar-refractivity contribution in [3.63, 3.8) is 0 Å². The second kappa shape index (κ2) is 4.04. The third-order valence-electron chi connectivity index (χ3n) is 1.93. The van der Waals surface area contributed by atoms with Gasteiger partial charge in [0.05, 0.1) is 0 Å². The first kappa shape index (κ1) is 8.97. The SMILES string of the molecule is C=CCOC(=O)C1CCCC1=O. The highest BCUT2D eigenvalue weighted by Crippen LogP contribution is 2.22. The minimum atomic E-state index is -0.495. The Morgan fingerprint density at radius 3 is 3.00 bits per heavy atom. The van der Waals surface area contributed by atoms with Gasteiger partial charge >= 0.3 is 5.97 Å². The molecule has 0 aliphatic heterocycles. The van der Waals surface area contributed by atoms with Crippen LogP contribution in [0.3, 0.4) is 0 Å². The second-order valence-electron chi connectivity index (χ2n) is 2.83. The molecule has 0 spiro atoms. The van der Waals surface area contributed by atoms with Gasteiger partial charge in [-0.15, -0.1) is 0 Å². The zero-order valence-electron chi connectivity index (χ0n) is 6.91. The molecule has 0 N–H and O–H groups in total. The lowest BCUT2D eigenvalue weighted by Crippen LogP contribution is -2.21. The van der Waals surface area contributed by atoms with Crippen molar-refractivity contribution < 1.29 is 14.3 Å². The van der Waals surface area contributed by atoms with Gasteiger partial charge in [-0.25, -0.2) is 0 Å². The largest absolute Gasteiger partial charge is 0.461 e. The van der Waals surface area contributed by atoms with E-state index in [0.717, 1.165) is 6.42 Å². The third-order valence-corrected chi connectivity index (χ3v) is 1.93. The van der Waals surface area contributed by atoms with Crippen LogP contribution >= 0.6 is 0 Å². The number of ether oxygens (including phenoxy) is 1. The van der Waals surface area contributed by atoms with E-state index in [1.54, 1.807) is 0 Å². The molecule has 12 heavy (non-hydrogen) atoms. The molecule has 0 aromatic carbocycles. The monoisotopic (exact) mass is 168 g/mol. The molecular weight excluding hydrogens is 156 g/mol. The van der Waals surface area contributed by atoms with Crippen LogP contribution in [0.4, 0.5) is 0 Å². The lowest BCUT2D eigenvalue weighted by atomic mass is 10.1. The number of hydrogen-bond acceptors (Lipinski definition) is 3. The smallest absolute Gasteiger partial charge is 0.316 e. The summed E-state index contributed by atoms with van der Waals surface area (Å²) in [6, 6.07) is 0. The molecule has 1 aliphatic carbocycles. The molecule has 1 saturated carbocycles. The van der Waals surface area contributed by atoms with Crippen molar-refractivity contribution in [2.45, 2.75) is 19.3 Å². The van der Waals surface area contributed by atoms with Crippen LogP contribution in [0.1, 0.15) is 19.3 Å². The summed E-state index contributed by atoms with van der Waals surface area (Å²) in [6.45, 7) is 3.61. The first-order chi connectivity index (χ1) is 5.75. The predicted molar refractivity (Wildman–Crippen MR) is 43.5 cm³/mol. The highest BCUT2D eigenvalue weighted by atomic mass is 16.5. The van der Waals surface area contributed by atoms with Crippen LogP contribution in [0.15, 0.2) is 12.7 Å². The Morgan fingerprint density at radius 2 is 2.50 bits per heavy atom. The third kappa shape index (κ3) is 1.94. The number of carbonyl (C=O) groups excluding carboxylic acids is 2. The van der Waals surface area contributed by atoms with Crippen molar-refractivity contribution >= 4 is 11.8 Å². The zero-order chi connectivity index (χ0) is 8.97. The van der Waals surface area contributed by atoms with Crippen LogP contribution in [0.5, 0.6) is 0 Å². The normalized spacial score (nSPS) is 22.3. The molecule has 1 atom stereocenters. The highest BCUT2D eigenvalue weighted by molar-refractivity contribution is 6.00. The van der Waals surface area contributed by atoms with Crippen molar-refractivity contribution in [2.24, 2.45) is 5.92 Å². The molecule has 0 radical (unpaired) electrons. The lowest BCUT2D eigenvalue weighted by molar-refractivity contribution is -0.149. The van der Waals surface area contributed by atoms with Gasteiger partial charge in [-0.1, -0.05) is 12.7 Å². The Hall–Kier alpha value is -1.12. The Morgan fingerprint density at radius 1 is 1.75 bits per heavy atom. The molecule has 0 saturated heterocycles. The first-order valence-corrected chi connectivity index (χ1v) is 4.06. The van der Waals surface area contributed by atoms with Gasteiger partial charge in [0.15, 0.2) is 0 Å². The number of ketones is 1. The van der Waals surface area contributed by atoms with Gasteiger partial charge in [0.25, 0.3) is 0 Å². The quantitative estimate of drug-likeness (QED) is 0.360. The van der Waals surface area contributed by atoms with Crippen molar-refractivity contribution in [3.8, 4) is 0 Å². The summed E-state index contributed by atoms with van der Waals surface area (Å²) >= 11 is 0. The van der Waals surface area contributed by atoms with Gasteiger partial charge in [0, 0.05) is 6.42 Å². The van der Waals surface area contributed by atoms with E-state index in [1.807, 2.05) is 0 Å². The van der Waals surface area contributed by atoms with Crippen molar-refractivity contribution in [2.75, 3.05) is 6.61 Å². The van der Waals surface area contributed by atoms with Gasteiger partial charge in [-0.3, -0.25) is 9.59 Å². The van der Waals surface area contributed by atoms with E-state index in [-0.39, 0.29) is 12.4 Å². The number of esters is 1. The summed E-state index contributed by atoms with van der Waals surface area (Å²) in [5.74, 6) is -0.869. The number of hydrogen-bond donors (Lipinski definition) is 0. The Balaban J connectivity index is 2.40. The summed E-state index contributed by atoms with van der Waals surface area (Å²) in [5.41, 5.74) is 0. The summed E-state index contributed by atoms with van der Waals surface area (Å²) in [6.07, 6.45) is 3.48. The van der Waals surface area contributed by atoms with E-state index in [4.69, 9.17) is 4.74 Å². The molecule has 1 aliphatic rings. The fourth-order valence-corrected chi connectivity index (χ4v) is 1.31. The maximum absolute atomic E-state index is 11.1. The molecule has 1 rings (SSSR count). The fraction of sp³-hybridized carbons (Fsp3) is 0.556. The van der Waals surface area contributed by atoms with E-state index in [1.165, 1.54) is 6.08 Å². The van der Waals surface area contributed by atoms with Crippen LogP contribution in [0, 0.1) is 5.92 Å². The number of Topliss-reactive ketones (excluding diaryl/α,β-unsaturated/α-hetero) is 1.